The van der Waals surface area contributed by atoms with Gasteiger partial charge in [-0.3, -0.25) is 9.59 Å². The summed E-state index contributed by atoms with van der Waals surface area (Å²) in [5.74, 6) is -0.635. The van der Waals surface area contributed by atoms with E-state index in [1.165, 1.54) is 12.4 Å². The summed E-state index contributed by atoms with van der Waals surface area (Å²) < 4.78 is 1.62. The van der Waals surface area contributed by atoms with Gasteiger partial charge in [0.15, 0.2) is 0 Å². The Morgan fingerprint density at radius 2 is 1.81 bits per heavy atom. The number of aromatic nitrogens is 3. The van der Waals surface area contributed by atoms with Crippen molar-refractivity contribution in [2.24, 2.45) is 0 Å². The number of anilines is 1. The third-order valence-electron chi connectivity index (χ3n) is 4.34. The molecule has 0 unspecified atom stereocenters. The van der Waals surface area contributed by atoms with Crippen molar-refractivity contribution >= 4 is 34.9 Å². The molecular weight excluding hydrogens is 410 g/mol. The van der Waals surface area contributed by atoms with Crippen LogP contribution in [0.25, 0.3) is 22.2 Å². The summed E-state index contributed by atoms with van der Waals surface area (Å²) in [7, 11) is 0. The van der Waals surface area contributed by atoms with Crippen LogP contribution < -0.4 is 10.6 Å². The van der Waals surface area contributed by atoms with E-state index in [0.29, 0.717) is 5.69 Å². The number of thiophene rings is 1. The number of carbonyl (C=O) groups is 2. The van der Waals surface area contributed by atoms with E-state index in [0.717, 1.165) is 21.0 Å². The number of nitrogens with one attached hydrogen (secondary N) is 2. The molecular formula is C23H19N5O2S. The number of hydrogen-bond donors (Lipinski definition) is 2. The van der Waals surface area contributed by atoms with Gasteiger partial charge in [-0.2, -0.15) is 5.10 Å². The highest BCUT2D eigenvalue weighted by Gasteiger charge is 2.05. The Labute approximate surface area is 183 Å². The molecule has 0 aliphatic heterocycles. The fourth-order valence-corrected chi connectivity index (χ4v) is 3.74. The summed E-state index contributed by atoms with van der Waals surface area (Å²) in [6.45, 7) is -0.117. The van der Waals surface area contributed by atoms with Crippen molar-refractivity contribution < 1.29 is 9.59 Å². The number of amides is 2. The maximum Gasteiger partial charge on any atom is 0.244 e. The third-order valence-corrected chi connectivity index (χ3v) is 5.44. The lowest BCUT2D eigenvalue weighted by molar-refractivity contribution is -0.121. The van der Waals surface area contributed by atoms with Gasteiger partial charge in [-0.25, -0.2) is 9.67 Å². The highest BCUT2D eigenvalue weighted by molar-refractivity contribution is 7.16. The van der Waals surface area contributed by atoms with Crippen LogP contribution in [0.15, 0.2) is 85.5 Å². The molecule has 4 aromatic rings. The molecule has 0 atom stereocenters. The molecule has 0 saturated carbocycles. The van der Waals surface area contributed by atoms with E-state index >= 15 is 0 Å². The Balaban J connectivity index is 1.25. The van der Waals surface area contributed by atoms with Crippen molar-refractivity contribution in [1.29, 1.82) is 0 Å². The van der Waals surface area contributed by atoms with E-state index in [2.05, 4.69) is 20.7 Å². The topological polar surface area (TPSA) is 88.9 Å². The van der Waals surface area contributed by atoms with Crippen molar-refractivity contribution in [3.63, 3.8) is 0 Å². The summed E-state index contributed by atoms with van der Waals surface area (Å²) in [5.41, 5.74) is 2.60. The molecule has 0 aliphatic carbocycles. The van der Waals surface area contributed by atoms with Gasteiger partial charge in [-0.05, 0) is 48.0 Å². The minimum absolute atomic E-state index is 0.117. The van der Waals surface area contributed by atoms with Gasteiger partial charge in [-0.1, -0.05) is 30.3 Å². The van der Waals surface area contributed by atoms with Crippen LogP contribution in [0.3, 0.4) is 0 Å². The van der Waals surface area contributed by atoms with Gasteiger partial charge >= 0.3 is 0 Å². The van der Waals surface area contributed by atoms with Crippen LogP contribution in [-0.4, -0.2) is 33.1 Å². The Morgan fingerprint density at radius 3 is 2.55 bits per heavy atom. The van der Waals surface area contributed by atoms with Crippen molar-refractivity contribution in [3.8, 4) is 16.1 Å². The first-order valence-corrected chi connectivity index (χ1v) is 10.3. The lowest BCUT2D eigenvalue weighted by atomic mass is 10.2. The van der Waals surface area contributed by atoms with Crippen LogP contribution >= 0.6 is 11.3 Å². The average molecular weight is 430 g/mol. The second kappa shape index (κ2) is 9.64. The zero-order valence-corrected chi connectivity index (χ0v) is 17.3. The lowest BCUT2D eigenvalue weighted by Gasteiger charge is -2.07. The number of rotatable bonds is 7. The summed E-state index contributed by atoms with van der Waals surface area (Å²) in [6.07, 6.45) is 6.22. The van der Waals surface area contributed by atoms with E-state index < -0.39 is 0 Å². The first kappa shape index (κ1) is 20.2. The standard InChI is InChI=1S/C23H19N5O2S/c29-22(13-11-20-10-12-21(31-20)17-4-2-1-3-5-17)25-14-23(30)27-18-6-8-19(9-7-18)28-16-24-15-26-28/h1-13,15-16H,14H2,(H,25,29)(H,27,30). The normalized spacial score (nSPS) is 10.8. The van der Waals surface area contributed by atoms with Gasteiger partial charge in [0.25, 0.3) is 0 Å². The largest absolute Gasteiger partial charge is 0.343 e. The maximum absolute atomic E-state index is 12.1. The Kier molecular flexibility index (Phi) is 6.29. The predicted molar refractivity (Wildman–Crippen MR) is 122 cm³/mol. The summed E-state index contributed by atoms with van der Waals surface area (Å²) in [6, 6.07) is 21.2. The molecule has 0 bridgehead atoms. The Bertz CT molecular complexity index is 1180. The summed E-state index contributed by atoms with van der Waals surface area (Å²) in [4.78, 5) is 30.1. The molecule has 0 radical (unpaired) electrons. The van der Waals surface area contributed by atoms with E-state index in [-0.39, 0.29) is 18.4 Å². The smallest absolute Gasteiger partial charge is 0.244 e. The molecule has 0 fully saturated rings. The van der Waals surface area contributed by atoms with Gasteiger partial charge in [0.05, 0.1) is 12.2 Å². The quantitative estimate of drug-likeness (QED) is 0.438. The maximum atomic E-state index is 12.1. The Hall–Kier alpha value is -4.04. The third kappa shape index (κ3) is 5.52. The SMILES string of the molecule is O=C(C=Cc1ccc(-c2ccccc2)s1)NCC(=O)Nc1ccc(-n2cncn2)cc1. The molecule has 8 heteroatoms. The zero-order chi connectivity index (χ0) is 21.5. The molecule has 0 saturated heterocycles. The molecule has 2 N–H and O–H groups in total. The van der Waals surface area contributed by atoms with Crippen LogP contribution in [0.2, 0.25) is 0 Å². The van der Waals surface area contributed by atoms with Crippen LogP contribution in [0.1, 0.15) is 4.88 Å². The first-order chi connectivity index (χ1) is 15.2. The summed E-state index contributed by atoms with van der Waals surface area (Å²) in [5, 5.41) is 9.38. The van der Waals surface area contributed by atoms with E-state index in [4.69, 9.17) is 0 Å². The monoisotopic (exact) mass is 429 g/mol. The molecule has 2 heterocycles. The second-order valence-electron chi connectivity index (χ2n) is 6.55. The van der Waals surface area contributed by atoms with Crippen LogP contribution in [0.5, 0.6) is 0 Å². The average Bonchev–Trinajstić information content (AvgIpc) is 3.50. The van der Waals surface area contributed by atoms with Crippen molar-refractivity contribution in [1.82, 2.24) is 20.1 Å². The van der Waals surface area contributed by atoms with Gasteiger partial charge in [0.2, 0.25) is 11.8 Å². The molecule has 4 rings (SSSR count). The van der Waals surface area contributed by atoms with Crippen LogP contribution in [-0.2, 0) is 9.59 Å². The van der Waals surface area contributed by atoms with Gasteiger partial charge in [0.1, 0.15) is 12.7 Å². The molecule has 2 amide bonds. The van der Waals surface area contributed by atoms with E-state index in [1.807, 2.05) is 54.6 Å². The first-order valence-electron chi connectivity index (χ1n) is 9.53. The molecule has 31 heavy (non-hydrogen) atoms. The molecule has 2 aromatic carbocycles. The highest BCUT2D eigenvalue weighted by Crippen LogP contribution is 2.28. The Morgan fingerprint density at radius 1 is 1.00 bits per heavy atom. The molecule has 2 aromatic heterocycles. The lowest BCUT2D eigenvalue weighted by Crippen LogP contribution is -2.31. The molecule has 7 nitrogen and oxygen atoms in total. The number of benzene rings is 2. The second-order valence-corrected chi connectivity index (χ2v) is 7.67. The highest BCUT2D eigenvalue weighted by atomic mass is 32.1. The van der Waals surface area contributed by atoms with Crippen LogP contribution in [0, 0.1) is 0 Å². The molecule has 0 spiro atoms. The van der Waals surface area contributed by atoms with Crippen molar-refractivity contribution in [2.45, 2.75) is 0 Å². The molecule has 0 aliphatic rings. The van der Waals surface area contributed by atoms with Crippen LogP contribution in [0.4, 0.5) is 5.69 Å². The summed E-state index contributed by atoms with van der Waals surface area (Å²) >= 11 is 1.60. The number of nitrogens with zero attached hydrogens (tertiary/aromatic N) is 3. The van der Waals surface area contributed by atoms with E-state index in [1.54, 1.807) is 40.6 Å². The van der Waals surface area contributed by atoms with Gasteiger partial charge < -0.3 is 10.6 Å². The fraction of sp³-hybridized carbons (Fsp3) is 0.0435. The van der Waals surface area contributed by atoms with Crippen molar-refractivity contribution in [2.75, 3.05) is 11.9 Å². The fourth-order valence-electron chi connectivity index (χ4n) is 2.83. The minimum atomic E-state index is -0.327. The predicted octanol–water partition coefficient (Wildman–Crippen LogP) is 3.76. The number of carbonyl (C=O) groups excluding carboxylic acids is 2. The zero-order valence-electron chi connectivity index (χ0n) is 16.4. The molecule has 154 valence electrons. The van der Waals surface area contributed by atoms with Crippen molar-refractivity contribution in [3.05, 3.63) is 90.3 Å². The number of hydrogen-bond acceptors (Lipinski definition) is 5. The minimum Gasteiger partial charge on any atom is -0.343 e. The van der Waals surface area contributed by atoms with Gasteiger partial charge in [0, 0.05) is 21.5 Å². The van der Waals surface area contributed by atoms with E-state index in [9.17, 15) is 9.59 Å². The van der Waals surface area contributed by atoms with Gasteiger partial charge in [-0.15, -0.1) is 11.3 Å².